The highest BCUT2D eigenvalue weighted by atomic mass is 32.2. The van der Waals surface area contributed by atoms with Crippen LogP contribution in [0.2, 0.25) is 0 Å². The maximum absolute atomic E-state index is 12.5. The molecule has 132 valence electrons. The van der Waals surface area contributed by atoms with Gasteiger partial charge in [0, 0.05) is 4.75 Å². The van der Waals surface area contributed by atoms with E-state index in [-0.39, 0.29) is 28.4 Å². The Labute approximate surface area is 150 Å². The van der Waals surface area contributed by atoms with Crippen LogP contribution in [0, 0.1) is 0 Å². The second kappa shape index (κ2) is 6.05. The molecule has 2 N–H and O–H groups in total. The Balaban J connectivity index is 1.46. The summed E-state index contributed by atoms with van der Waals surface area (Å²) in [5.41, 5.74) is 0.887. The lowest BCUT2D eigenvalue weighted by atomic mass is 9.92. The van der Waals surface area contributed by atoms with Gasteiger partial charge in [0.25, 0.3) is 0 Å². The Hall–Kier alpha value is -2.02. The van der Waals surface area contributed by atoms with Crippen LogP contribution in [0.25, 0.3) is 0 Å². The minimum Gasteiger partial charge on any atom is -0.480 e. The number of benzene rings is 1. The molecule has 1 saturated carbocycles. The fourth-order valence-electron chi connectivity index (χ4n) is 4.29. The number of nitrogens with zero attached hydrogens (tertiary/aromatic N) is 1. The highest BCUT2D eigenvalue weighted by Gasteiger charge is 2.67. The molecule has 6 nitrogen and oxygen atoms in total. The van der Waals surface area contributed by atoms with Crippen LogP contribution < -0.4 is 5.32 Å². The van der Waals surface area contributed by atoms with Crippen molar-refractivity contribution in [1.29, 1.82) is 0 Å². The number of rotatable bonds is 4. The fraction of sp³-hybridized carbons (Fsp3) is 0.500. The van der Waals surface area contributed by atoms with Gasteiger partial charge in [0.15, 0.2) is 0 Å². The van der Waals surface area contributed by atoms with Gasteiger partial charge < -0.3 is 15.3 Å². The van der Waals surface area contributed by atoms with Gasteiger partial charge in [-0.05, 0) is 18.4 Å². The third kappa shape index (κ3) is 2.61. The maximum atomic E-state index is 12.5. The lowest BCUT2D eigenvalue weighted by Gasteiger charge is -2.43. The second-order valence-corrected chi connectivity index (χ2v) is 8.51. The van der Waals surface area contributed by atoms with Gasteiger partial charge in [-0.15, -0.1) is 11.8 Å². The van der Waals surface area contributed by atoms with Crippen LogP contribution >= 0.6 is 11.8 Å². The SMILES string of the molecule is O=C(Cc1ccccc1)NC1C(=O)N2C(C(=O)O)C3(CCCC3)S[C@@H]12. The van der Waals surface area contributed by atoms with Crippen molar-refractivity contribution in [2.75, 3.05) is 0 Å². The number of carboxylic acids is 1. The highest BCUT2D eigenvalue weighted by Crippen LogP contribution is 2.57. The Bertz CT molecular complexity index is 717. The fourth-order valence-corrected chi connectivity index (χ4v) is 6.30. The normalized spacial score (nSPS) is 29.4. The highest BCUT2D eigenvalue weighted by molar-refractivity contribution is 8.01. The zero-order chi connectivity index (χ0) is 17.6. The molecule has 0 aromatic heterocycles. The molecule has 0 radical (unpaired) electrons. The van der Waals surface area contributed by atoms with Gasteiger partial charge >= 0.3 is 5.97 Å². The van der Waals surface area contributed by atoms with Gasteiger partial charge in [-0.3, -0.25) is 9.59 Å². The quantitative estimate of drug-likeness (QED) is 0.793. The number of β-lactam (4-membered cyclic amide) rings is 1. The zero-order valence-electron chi connectivity index (χ0n) is 13.7. The van der Waals surface area contributed by atoms with E-state index in [2.05, 4.69) is 5.32 Å². The Kier molecular flexibility index (Phi) is 3.98. The number of carbonyl (C=O) groups excluding carboxylic acids is 2. The molecule has 4 rings (SSSR count). The number of hydrogen-bond donors (Lipinski definition) is 2. The third-order valence-electron chi connectivity index (χ3n) is 5.42. The zero-order valence-corrected chi connectivity index (χ0v) is 14.5. The van der Waals surface area contributed by atoms with Gasteiger partial charge in [0.2, 0.25) is 11.8 Å². The molecule has 3 atom stereocenters. The van der Waals surface area contributed by atoms with Crippen molar-refractivity contribution in [3.05, 3.63) is 35.9 Å². The average molecular weight is 360 g/mol. The largest absolute Gasteiger partial charge is 0.480 e. The van der Waals surface area contributed by atoms with Crippen molar-refractivity contribution in [2.24, 2.45) is 0 Å². The van der Waals surface area contributed by atoms with Crippen molar-refractivity contribution >= 4 is 29.5 Å². The molecule has 2 unspecified atom stereocenters. The van der Waals surface area contributed by atoms with Crippen LogP contribution in [-0.4, -0.2) is 50.0 Å². The van der Waals surface area contributed by atoms with E-state index in [0.717, 1.165) is 31.2 Å². The molecule has 1 aliphatic carbocycles. The van der Waals surface area contributed by atoms with Crippen LogP contribution in [0.3, 0.4) is 0 Å². The molecule has 1 aromatic rings. The second-order valence-electron chi connectivity index (χ2n) is 6.97. The summed E-state index contributed by atoms with van der Waals surface area (Å²) in [5.74, 6) is -1.40. The van der Waals surface area contributed by atoms with E-state index in [1.165, 1.54) is 4.90 Å². The van der Waals surface area contributed by atoms with E-state index in [1.807, 2.05) is 30.3 Å². The maximum Gasteiger partial charge on any atom is 0.327 e. The van der Waals surface area contributed by atoms with Gasteiger partial charge in [-0.2, -0.15) is 0 Å². The summed E-state index contributed by atoms with van der Waals surface area (Å²) in [5, 5.41) is 12.2. The molecular weight excluding hydrogens is 340 g/mol. The Morgan fingerprint density at radius 2 is 1.92 bits per heavy atom. The molecule has 0 bridgehead atoms. The smallest absolute Gasteiger partial charge is 0.327 e. The first-order chi connectivity index (χ1) is 12.0. The van der Waals surface area contributed by atoms with Crippen molar-refractivity contribution in [2.45, 2.75) is 54.3 Å². The standard InChI is InChI=1S/C18H20N2O4S/c21-12(10-11-6-2-1-3-7-11)19-13-15(22)20-14(17(23)24)18(25-16(13)20)8-4-5-9-18/h1-3,6-7,13-14,16H,4-5,8-10H2,(H,19,21)(H,23,24)/t13?,14?,16-/m0/s1. The van der Waals surface area contributed by atoms with Gasteiger partial charge in [-0.25, -0.2) is 4.79 Å². The van der Waals surface area contributed by atoms with E-state index >= 15 is 0 Å². The van der Waals surface area contributed by atoms with Crippen LogP contribution in [0.5, 0.6) is 0 Å². The molecule has 25 heavy (non-hydrogen) atoms. The van der Waals surface area contributed by atoms with E-state index in [4.69, 9.17) is 0 Å². The Morgan fingerprint density at radius 3 is 2.56 bits per heavy atom. The van der Waals surface area contributed by atoms with Crippen molar-refractivity contribution < 1.29 is 19.5 Å². The van der Waals surface area contributed by atoms with E-state index in [0.29, 0.717) is 0 Å². The van der Waals surface area contributed by atoms with Crippen LogP contribution in [0.15, 0.2) is 30.3 Å². The summed E-state index contributed by atoms with van der Waals surface area (Å²) in [6.07, 6.45) is 3.85. The molecule has 3 aliphatic rings. The summed E-state index contributed by atoms with van der Waals surface area (Å²) in [6.45, 7) is 0. The molecule has 3 fully saturated rings. The lowest BCUT2D eigenvalue weighted by molar-refractivity contribution is -0.161. The average Bonchev–Trinajstić information content (AvgIpc) is 3.17. The summed E-state index contributed by atoms with van der Waals surface area (Å²) < 4.78 is -0.384. The third-order valence-corrected chi connectivity index (χ3v) is 7.26. The summed E-state index contributed by atoms with van der Waals surface area (Å²) >= 11 is 1.58. The lowest BCUT2D eigenvalue weighted by Crippen LogP contribution is -2.70. The monoisotopic (exact) mass is 360 g/mol. The summed E-state index contributed by atoms with van der Waals surface area (Å²) in [4.78, 5) is 38.0. The van der Waals surface area contributed by atoms with Crippen LogP contribution in [0.1, 0.15) is 31.2 Å². The first kappa shape index (κ1) is 16.4. The number of hydrogen-bond acceptors (Lipinski definition) is 4. The first-order valence-corrected chi connectivity index (χ1v) is 9.46. The van der Waals surface area contributed by atoms with Gasteiger partial charge in [-0.1, -0.05) is 43.2 Å². The minimum atomic E-state index is -0.931. The summed E-state index contributed by atoms with van der Waals surface area (Å²) in [7, 11) is 0. The number of amides is 2. The van der Waals surface area contributed by atoms with Crippen LogP contribution in [0.4, 0.5) is 0 Å². The molecule has 1 aromatic carbocycles. The Morgan fingerprint density at radius 1 is 1.24 bits per heavy atom. The van der Waals surface area contributed by atoms with Gasteiger partial charge in [0.1, 0.15) is 17.5 Å². The predicted molar refractivity (Wildman–Crippen MR) is 92.9 cm³/mol. The molecule has 7 heteroatoms. The number of nitrogens with one attached hydrogen (secondary N) is 1. The predicted octanol–water partition coefficient (Wildman–Crippen LogP) is 1.39. The molecule has 2 saturated heterocycles. The first-order valence-electron chi connectivity index (χ1n) is 8.58. The molecule has 2 aliphatic heterocycles. The van der Waals surface area contributed by atoms with Crippen molar-refractivity contribution in [3.63, 3.8) is 0 Å². The number of fused-ring (bicyclic) bond motifs is 1. The van der Waals surface area contributed by atoms with E-state index in [1.54, 1.807) is 11.8 Å². The summed E-state index contributed by atoms with van der Waals surface area (Å²) in [6, 6.07) is 7.99. The molecule has 2 heterocycles. The van der Waals surface area contributed by atoms with E-state index < -0.39 is 18.1 Å². The van der Waals surface area contributed by atoms with Crippen molar-refractivity contribution in [3.8, 4) is 0 Å². The molecule has 1 spiro atoms. The topological polar surface area (TPSA) is 86.7 Å². The number of thioether (sulfide) groups is 1. The number of carbonyl (C=O) groups is 3. The molecular formula is C18H20N2O4S. The number of aliphatic carboxylic acids is 1. The van der Waals surface area contributed by atoms with Crippen molar-refractivity contribution in [1.82, 2.24) is 10.2 Å². The molecule has 2 amide bonds. The van der Waals surface area contributed by atoms with E-state index in [9.17, 15) is 19.5 Å². The van der Waals surface area contributed by atoms with Gasteiger partial charge in [0.05, 0.1) is 6.42 Å². The minimum absolute atomic E-state index is 0.205. The number of carboxylic acid groups (broad SMARTS) is 1. The van der Waals surface area contributed by atoms with Crippen LogP contribution in [-0.2, 0) is 20.8 Å².